The standard InChI is InChI=1S/C16H31NO3/c1-6-12(3)16(20)17-8-7-11(2)9-13(4)14(5)10-15(18)19/h11-14H,6-10H2,1-5H3,(H,17,20)(H,18,19)/t11-,12-,13+,14-/m1/s1. The van der Waals surface area contributed by atoms with Crippen molar-refractivity contribution in [2.45, 2.75) is 60.3 Å². The second kappa shape index (κ2) is 9.78. The third-order valence-corrected chi connectivity index (χ3v) is 4.24. The van der Waals surface area contributed by atoms with Crippen molar-refractivity contribution < 1.29 is 14.7 Å². The Morgan fingerprint density at radius 1 is 1.10 bits per heavy atom. The van der Waals surface area contributed by atoms with Gasteiger partial charge in [0.2, 0.25) is 5.91 Å². The first-order chi connectivity index (χ1) is 9.27. The zero-order chi connectivity index (χ0) is 15.7. The fraction of sp³-hybridized carbons (Fsp3) is 0.875. The molecule has 1 amide bonds. The highest BCUT2D eigenvalue weighted by molar-refractivity contribution is 5.78. The highest BCUT2D eigenvalue weighted by Gasteiger charge is 2.18. The molecule has 0 bridgehead atoms. The lowest BCUT2D eigenvalue weighted by atomic mass is 9.84. The maximum absolute atomic E-state index is 11.6. The number of carbonyl (C=O) groups is 2. The Balaban J connectivity index is 3.90. The van der Waals surface area contributed by atoms with E-state index in [1.165, 1.54) is 0 Å². The average Bonchev–Trinajstić information content (AvgIpc) is 2.36. The maximum atomic E-state index is 11.6. The molecule has 0 spiro atoms. The van der Waals surface area contributed by atoms with Crippen LogP contribution in [0.15, 0.2) is 0 Å². The van der Waals surface area contributed by atoms with Gasteiger partial charge in [-0.1, -0.05) is 34.6 Å². The number of hydrogen-bond acceptors (Lipinski definition) is 2. The summed E-state index contributed by atoms with van der Waals surface area (Å²) in [6.45, 7) is 10.9. The maximum Gasteiger partial charge on any atom is 0.303 e. The summed E-state index contributed by atoms with van der Waals surface area (Å²) in [5.41, 5.74) is 0. The van der Waals surface area contributed by atoms with Crippen molar-refractivity contribution >= 4 is 11.9 Å². The predicted molar refractivity (Wildman–Crippen MR) is 81.4 cm³/mol. The molecule has 0 aliphatic carbocycles. The van der Waals surface area contributed by atoms with Gasteiger partial charge in [0.1, 0.15) is 0 Å². The fourth-order valence-electron chi connectivity index (χ4n) is 2.26. The zero-order valence-corrected chi connectivity index (χ0v) is 13.6. The summed E-state index contributed by atoms with van der Waals surface area (Å²) in [4.78, 5) is 22.3. The molecule has 4 atom stereocenters. The molecule has 0 aliphatic heterocycles. The molecule has 0 aliphatic rings. The van der Waals surface area contributed by atoms with Crippen LogP contribution < -0.4 is 5.32 Å². The molecular formula is C16H31NO3. The number of hydrogen-bond donors (Lipinski definition) is 2. The van der Waals surface area contributed by atoms with E-state index in [0.717, 1.165) is 19.3 Å². The Morgan fingerprint density at radius 2 is 1.70 bits per heavy atom. The van der Waals surface area contributed by atoms with E-state index in [4.69, 9.17) is 5.11 Å². The van der Waals surface area contributed by atoms with Gasteiger partial charge in [-0.25, -0.2) is 0 Å². The van der Waals surface area contributed by atoms with Crippen LogP contribution in [0.5, 0.6) is 0 Å². The largest absolute Gasteiger partial charge is 0.481 e. The quantitative estimate of drug-likeness (QED) is 0.647. The number of amides is 1. The summed E-state index contributed by atoms with van der Waals surface area (Å²) >= 11 is 0. The number of carbonyl (C=O) groups excluding carboxylic acids is 1. The topological polar surface area (TPSA) is 66.4 Å². The van der Waals surface area contributed by atoms with Gasteiger partial charge in [0.05, 0.1) is 0 Å². The molecule has 0 radical (unpaired) electrons. The van der Waals surface area contributed by atoms with Gasteiger partial charge in [0, 0.05) is 18.9 Å². The lowest BCUT2D eigenvalue weighted by Crippen LogP contribution is -2.30. The van der Waals surface area contributed by atoms with Gasteiger partial charge in [0.15, 0.2) is 0 Å². The van der Waals surface area contributed by atoms with Crippen molar-refractivity contribution in [3.05, 3.63) is 0 Å². The molecule has 118 valence electrons. The molecule has 0 aromatic rings. The van der Waals surface area contributed by atoms with E-state index in [1.54, 1.807) is 0 Å². The van der Waals surface area contributed by atoms with Crippen LogP contribution in [0.2, 0.25) is 0 Å². The lowest BCUT2D eigenvalue weighted by molar-refractivity contribution is -0.138. The molecule has 0 fully saturated rings. The van der Waals surface area contributed by atoms with Crippen LogP contribution in [-0.2, 0) is 9.59 Å². The Morgan fingerprint density at radius 3 is 2.20 bits per heavy atom. The fourth-order valence-corrected chi connectivity index (χ4v) is 2.26. The molecule has 20 heavy (non-hydrogen) atoms. The molecule has 0 aromatic heterocycles. The van der Waals surface area contributed by atoms with Crippen LogP contribution >= 0.6 is 0 Å². The van der Waals surface area contributed by atoms with Crippen molar-refractivity contribution in [3.8, 4) is 0 Å². The summed E-state index contributed by atoms with van der Waals surface area (Å²) in [6.07, 6.45) is 3.06. The van der Waals surface area contributed by atoms with E-state index in [1.807, 2.05) is 20.8 Å². The van der Waals surface area contributed by atoms with Crippen LogP contribution in [0.4, 0.5) is 0 Å². The van der Waals surface area contributed by atoms with E-state index >= 15 is 0 Å². The van der Waals surface area contributed by atoms with E-state index in [-0.39, 0.29) is 24.2 Å². The third-order valence-electron chi connectivity index (χ3n) is 4.24. The van der Waals surface area contributed by atoms with E-state index < -0.39 is 5.97 Å². The smallest absolute Gasteiger partial charge is 0.303 e. The predicted octanol–water partition coefficient (Wildman–Crippen LogP) is 3.31. The molecular weight excluding hydrogens is 254 g/mol. The van der Waals surface area contributed by atoms with Crippen molar-refractivity contribution in [2.75, 3.05) is 6.54 Å². The second-order valence-electron chi connectivity index (χ2n) is 6.28. The minimum atomic E-state index is -0.724. The summed E-state index contributed by atoms with van der Waals surface area (Å²) in [5.74, 6) is 0.583. The number of carboxylic acids is 1. The average molecular weight is 285 g/mol. The second-order valence-corrected chi connectivity index (χ2v) is 6.28. The highest BCUT2D eigenvalue weighted by atomic mass is 16.4. The first kappa shape index (κ1) is 18.9. The normalized spacial score (nSPS) is 17.1. The monoisotopic (exact) mass is 285 g/mol. The minimum Gasteiger partial charge on any atom is -0.481 e. The molecule has 0 rings (SSSR count). The van der Waals surface area contributed by atoms with Crippen molar-refractivity contribution in [2.24, 2.45) is 23.7 Å². The molecule has 0 saturated carbocycles. The van der Waals surface area contributed by atoms with Crippen LogP contribution in [-0.4, -0.2) is 23.5 Å². The molecule has 0 heterocycles. The van der Waals surface area contributed by atoms with Crippen LogP contribution in [0.25, 0.3) is 0 Å². The Hall–Kier alpha value is -1.06. The number of aliphatic carboxylic acids is 1. The molecule has 0 saturated heterocycles. The van der Waals surface area contributed by atoms with Crippen molar-refractivity contribution in [1.82, 2.24) is 5.32 Å². The summed E-state index contributed by atoms with van der Waals surface area (Å²) in [6, 6.07) is 0. The Kier molecular flexibility index (Phi) is 9.26. The van der Waals surface area contributed by atoms with Gasteiger partial charge in [-0.15, -0.1) is 0 Å². The van der Waals surface area contributed by atoms with Gasteiger partial charge >= 0.3 is 5.97 Å². The van der Waals surface area contributed by atoms with Gasteiger partial charge in [-0.05, 0) is 37.0 Å². The molecule has 4 heteroatoms. The molecule has 4 nitrogen and oxygen atoms in total. The van der Waals surface area contributed by atoms with Gasteiger partial charge < -0.3 is 10.4 Å². The highest BCUT2D eigenvalue weighted by Crippen LogP contribution is 2.24. The number of nitrogens with one attached hydrogen (secondary N) is 1. The van der Waals surface area contributed by atoms with Crippen LogP contribution in [0.3, 0.4) is 0 Å². The molecule has 0 aromatic carbocycles. The summed E-state index contributed by atoms with van der Waals surface area (Å²) < 4.78 is 0. The van der Waals surface area contributed by atoms with Crippen molar-refractivity contribution in [1.29, 1.82) is 0 Å². The third kappa shape index (κ3) is 8.18. The van der Waals surface area contributed by atoms with Crippen LogP contribution in [0, 0.1) is 23.7 Å². The van der Waals surface area contributed by atoms with Crippen molar-refractivity contribution in [3.63, 3.8) is 0 Å². The van der Waals surface area contributed by atoms with Crippen LogP contribution in [0.1, 0.15) is 60.3 Å². The summed E-state index contributed by atoms with van der Waals surface area (Å²) in [7, 11) is 0. The van der Waals surface area contributed by atoms with Gasteiger partial charge in [0.25, 0.3) is 0 Å². The van der Waals surface area contributed by atoms with E-state index in [9.17, 15) is 9.59 Å². The SMILES string of the molecule is CC[C@@H](C)C(=O)NCC[C@@H](C)C[C@H](C)[C@H](C)CC(=O)O. The number of rotatable bonds is 10. The molecule has 2 N–H and O–H groups in total. The lowest BCUT2D eigenvalue weighted by Gasteiger charge is -2.22. The summed E-state index contributed by atoms with van der Waals surface area (Å²) in [5, 5.41) is 11.8. The zero-order valence-electron chi connectivity index (χ0n) is 13.6. The number of carboxylic acid groups (broad SMARTS) is 1. The molecule has 0 unspecified atom stereocenters. The first-order valence-electron chi connectivity index (χ1n) is 7.77. The minimum absolute atomic E-state index is 0.0832. The first-order valence-corrected chi connectivity index (χ1v) is 7.77. The van der Waals surface area contributed by atoms with Gasteiger partial charge in [-0.2, -0.15) is 0 Å². The van der Waals surface area contributed by atoms with E-state index in [0.29, 0.717) is 18.4 Å². The van der Waals surface area contributed by atoms with Gasteiger partial charge in [-0.3, -0.25) is 9.59 Å². The Bertz CT molecular complexity index is 304. The Labute approximate surface area is 123 Å². The van der Waals surface area contributed by atoms with E-state index in [2.05, 4.69) is 19.2 Å².